The topological polar surface area (TPSA) is 75.1 Å². The van der Waals surface area contributed by atoms with E-state index in [1.807, 2.05) is 18.2 Å². The van der Waals surface area contributed by atoms with Crippen LogP contribution in [0.3, 0.4) is 0 Å². The number of nitrogens with zero attached hydrogens (tertiary/aromatic N) is 1. The molecule has 7 heteroatoms. The molecule has 3 N–H and O–H groups in total. The number of methoxy groups -OCH3 is 2. The summed E-state index contributed by atoms with van der Waals surface area (Å²) < 4.78 is 23.9. The van der Waals surface area contributed by atoms with Gasteiger partial charge in [0, 0.05) is 25.7 Å². The van der Waals surface area contributed by atoms with Crippen molar-refractivity contribution >= 4 is 5.96 Å². The molecule has 2 aromatic rings. The Hall–Kier alpha value is -2.80. The van der Waals surface area contributed by atoms with Crippen LogP contribution in [0, 0.1) is 5.82 Å². The number of hydrogen-bond acceptors (Lipinski definition) is 4. The third-order valence-electron chi connectivity index (χ3n) is 3.87. The molecule has 140 valence electrons. The van der Waals surface area contributed by atoms with Gasteiger partial charge in [-0.05, 0) is 35.4 Å². The predicted molar refractivity (Wildman–Crippen MR) is 98.9 cm³/mol. The highest BCUT2D eigenvalue weighted by molar-refractivity contribution is 5.79. The Kier molecular flexibility index (Phi) is 7.23. The van der Waals surface area contributed by atoms with E-state index >= 15 is 0 Å². The maximum absolute atomic E-state index is 13.4. The van der Waals surface area contributed by atoms with Crippen molar-refractivity contribution in [3.8, 4) is 11.5 Å². The lowest BCUT2D eigenvalue weighted by atomic mass is 10.1. The van der Waals surface area contributed by atoms with Gasteiger partial charge in [-0.15, -0.1) is 0 Å². The molecular weight excluding hydrogens is 337 g/mol. The van der Waals surface area contributed by atoms with Gasteiger partial charge in [0.2, 0.25) is 0 Å². The quantitative estimate of drug-likeness (QED) is 0.521. The number of aliphatic hydroxyl groups is 1. The zero-order chi connectivity index (χ0) is 18.9. The van der Waals surface area contributed by atoms with Crippen LogP contribution in [0.15, 0.2) is 41.4 Å². The minimum atomic E-state index is -0.410. The first kappa shape index (κ1) is 19.5. The lowest BCUT2D eigenvalue weighted by molar-refractivity contribution is 0.275. The molecule has 0 amide bonds. The lowest BCUT2D eigenvalue weighted by Crippen LogP contribution is -2.36. The molecule has 0 saturated carbocycles. The third-order valence-corrected chi connectivity index (χ3v) is 3.87. The maximum Gasteiger partial charge on any atom is 0.191 e. The van der Waals surface area contributed by atoms with Gasteiger partial charge in [-0.25, -0.2) is 4.39 Å². The summed E-state index contributed by atoms with van der Waals surface area (Å²) in [6, 6.07) is 10.3. The van der Waals surface area contributed by atoms with Crippen molar-refractivity contribution in [2.24, 2.45) is 4.99 Å². The SMILES string of the molecule is CN=C(NCc1ccc(F)c(CO)c1)NCc1ccc(OC)c(OC)c1. The minimum Gasteiger partial charge on any atom is -0.493 e. The molecule has 6 nitrogen and oxygen atoms in total. The fourth-order valence-corrected chi connectivity index (χ4v) is 2.44. The van der Waals surface area contributed by atoms with Crippen LogP contribution < -0.4 is 20.1 Å². The van der Waals surface area contributed by atoms with Gasteiger partial charge in [0.25, 0.3) is 0 Å². The number of aliphatic hydroxyl groups excluding tert-OH is 1. The van der Waals surface area contributed by atoms with Gasteiger partial charge in [-0.2, -0.15) is 0 Å². The Morgan fingerprint density at radius 1 is 1.00 bits per heavy atom. The molecule has 26 heavy (non-hydrogen) atoms. The molecule has 2 aromatic carbocycles. The molecule has 0 aliphatic rings. The van der Waals surface area contributed by atoms with Crippen LogP contribution in [0.25, 0.3) is 0 Å². The largest absolute Gasteiger partial charge is 0.493 e. The zero-order valence-electron chi connectivity index (χ0n) is 15.2. The second kappa shape index (κ2) is 9.62. The molecule has 0 radical (unpaired) electrons. The summed E-state index contributed by atoms with van der Waals surface area (Å²) in [4.78, 5) is 4.17. The summed E-state index contributed by atoms with van der Waals surface area (Å²) >= 11 is 0. The van der Waals surface area contributed by atoms with Crippen molar-refractivity contribution in [2.75, 3.05) is 21.3 Å². The van der Waals surface area contributed by atoms with Gasteiger partial charge >= 0.3 is 0 Å². The van der Waals surface area contributed by atoms with E-state index < -0.39 is 5.82 Å². The average Bonchev–Trinajstić information content (AvgIpc) is 2.68. The molecule has 0 spiro atoms. The number of rotatable bonds is 7. The highest BCUT2D eigenvalue weighted by atomic mass is 19.1. The molecule has 0 bridgehead atoms. The Labute approximate surface area is 152 Å². The second-order valence-electron chi connectivity index (χ2n) is 5.55. The summed E-state index contributed by atoms with van der Waals surface area (Å²) in [5.41, 5.74) is 2.14. The Balaban J connectivity index is 1.94. The van der Waals surface area contributed by atoms with Crippen LogP contribution in [0.4, 0.5) is 4.39 Å². The van der Waals surface area contributed by atoms with E-state index in [1.165, 1.54) is 6.07 Å². The molecule has 2 rings (SSSR count). The average molecular weight is 361 g/mol. The first-order chi connectivity index (χ1) is 12.6. The zero-order valence-corrected chi connectivity index (χ0v) is 15.2. The third kappa shape index (κ3) is 5.10. The van der Waals surface area contributed by atoms with E-state index in [-0.39, 0.29) is 12.2 Å². The van der Waals surface area contributed by atoms with E-state index in [0.717, 1.165) is 11.1 Å². The molecule has 0 heterocycles. The molecule has 0 saturated heterocycles. The first-order valence-corrected chi connectivity index (χ1v) is 8.14. The van der Waals surface area contributed by atoms with E-state index in [1.54, 1.807) is 33.4 Å². The Bertz CT molecular complexity index is 766. The molecule has 0 aromatic heterocycles. The van der Waals surface area contributed by atoms with Crippen molar-refractivity contribution in [1.82, 2.24) is 10.6 Å². The number of nitrogens with one attached hydrogen (secondary N) is 2. The Morgan fingerprint density at radius 2 is 1.62 bits per heavy atom. The van der Waals surface area contributed by atoms with Gasteiger partial charge in [-0.1, -0.05) is 12.1 Å². The second-order valence-corrected chi connectivity index (χ2v) is 5.55. The molecular formula is C19H24FN3O3. The van der Waals surface area contributed by atoms with Crippen LogP contribution in [0.1, 0.15) is 16.7 Å². The van der Waals surface area contributed by atoms with Gasteiger partial charge in [0.05, 0.1) is 20.8 Å². The number of ether oxygens (including phenoxy) is 2. The normalized spacial score (nSPS) is 11.2. The molecule has 0 unspecified atom stereocenters. The van der Waals surface area contributed by atoms with Gasteiger partial charge < -0.3 is 25.2 Å². The number of benzene rings is 2. The fourth-order valence-electron chi connectivity index (χ4n) is 2.44. The van der Waals surface area contributed by atoms with Crippen molar-refractivity contribution in [1.29, 1.82) is 0 Å². The Morgan fingerprint density at radius 3 is 2.19 bits per heavy atom. The molecule has 0 aliphatic carbocycles. The van der Waals surface area contributed by atoms with Gasteiger partial charge in [-0.3, -0.25) is 4.99 Å². The van der Waals surface area contributed by atoms with E-state index in [0.29, 0.717) is 30.5 Å². The summed E-state index contributed by atoms with van der Waals surface area (Å²) in [5.74, 6) is 1.54. The molecule has 0 fully saturated rings. The monoisotopic (exact) mass is 361 g/mol. The van der Waals surface area contributed by atoms with E-state index in [4.69, 9.17) is 14.6 Å². The van der Waals surface area contributed by atoms with Crippen LogP contribution in [0.5, 0.6) is 11.5 Å². The number of aliphatic imine (C=N–C) groups is 1. The van der Waals surface area contributed by atoms with Crippen LogP contribution >= 0.6 is 0 Å². The van der Waals surface area contributed by atoms with Gasteiger partial charge in [0.15, 0.2) is 17.5 Å². The van der Waals surface area contributed by atoms with Crippen molar-refractivity contribution in [3.63, 3.8) is 0 Å². The van der Waals surface area contributed by atoms with Crippen molar-refractivity contribution < 1.29 is 19.0 Å². The number of guanidine groups is 1. The summed E-state index contributed by atoms with van der Waals surface area (Å²) in [6.07, 6.45) is 0. The molecule has 0 aliphatic heterocycles. The summed E-state index contributed by atoms with van der Waals surface area (Å²) in [7, 11) is 4.87. The fraction of sp³-hybridized carbons (Fsp3) is 0.316. The number of hydrogen-bond donors (Lipinski definition) is 3. The van der Waals surface area contributed by atoms with Crippen LogP contribution in [-0.4, -0.2) is 32.3 Å². The highest BCUT2D eigenvalue weighted by Gasteiger charge is 2.06. The van der Waals surface area contributed by atoms with Crippen LogP contribution in [0.2, 0.25) is 0 Å². The standard InChI is InChI=1S/C19H24FN3O3/c1-21-19(22-10-13-4-6-16(20)15(8-13)12-24)23-11-14-5-7-17(25-2)18(9-14)26-3/h4-9,24H,10-12H2,1-3H3,(H2,21,22,23). The molecule has 0 atom stereocenters. The lowest BCUT2D eigenvalue weighted by Gasteiger charge is -2.14. The number of halogens is 1. The maximum atomic E-state index is 13.4. The smallest absolute Gasteiger partial charge is 0.191 e. The first-order valence-electron chi connectivity index (χ1n) is 8.14. The van der Waals surface area contributed by atoms with Crippen LogP contribution in [-0.2, 0) is 19.7 Å². The van der Waals surface area contributed by atoms with E-state index in [9.17, 15) is 4.39 Å². The van der Waals surface area contributed by atoms with Gasteiger partial charge in [0.1, 0.15) is 5.82 Å². The van der Waals surface area contributed by atoms with Crippen molar-refractivity contribution in [2.45, 2.75) is 19.7 Å². The minimum absolute atomic E-state index is 0.276. The van der Waals surface area contributed by atoms with E-state index in [2.05, 4.69) is 15.6 Å². The highest BCUT2D eigenvalue weighted by Crippen LogP contribution is 2.27. The summed E-state index contributed by atoms with van der Waals surface area (Å²) in [6.45, 7) is 0.677. The summed E-state index contributed by atoms with van der Waals surface area (Å²) in [5, 5.41) is 15.5. The van der Waals surface area contributed by atoms with Crippen molar-refractivity contribution in [3.05, 3.63) is 58.9 Å². The predicted octanol–water partition coefficient (Wildman–Crippen LogP) is 2.20.